The van der Waals surface area contributed by atoms with Crippen LogP contribution in [0.25, 0.3) is 11.2 Å². The first kappa shape index (κ1) is 12.4. The Balaban J connectivity index is 2.20. The Hall–Kier alpha value is -2.67. The predicted octanol–water partition coefficient (Wildman–Crippen LogP) is 0.0316. The Labute approximate surface area is 112 Å². The summed E-state index contributed by atoms with van der Waals surface area (Å²) in [5, 5.41) is 10.3. The SMILES string of the molecule is Cn1c(=O)[nH]c(=O)c2[nH]c(C(O)c3ccccc3)nc21. The highest BCUT2D eigenvalue weighted by Crippen LogP contribution is 2.20. The zero-order chi connectivity index (χ0) is 14.3. The lowest BCUT2D eigenvalue weighted by molar-refractivity contribution is 0.211. The minimum Gasteiger partial charge on any atom is -0.380 e. The number of benzene rings is 1. The standard InChI is InChI=1S/C13H12N4O3/c1-17-11-8(12(19)16-13(17)20)14-10(15-11)9(18)7-5-3-2-4-6-7/h2-6,9,18H,1H3,(H,14,15)(H,16,19,20). The highest BCUT2D eigenvalue weighted by Gasteiger charge is 2.17. The average molecular weight is 272 g/mol. The molecule has 0 saturated carbocycles. The maximum atomic E-state index is 11.7. The van der Waals surface area contributed by atoms with Gasteiger partial charge in [-0.1, -0.05) is 30.3 Å². The molecule has 0 bridgehead atoms. The first-order valence-electron chi connectivity index (χ1n) is 6.00. The van der Waals surface area contributed by atoms with E-state index in [4.69, 9.17) is 0 Å². The third-order valence-corrected chi connectivity index (χ3v) is 3.15. The number of aryl methyl sites for hydroxylation is 1. The molecule has 0 amide bonds. The van der Waals surface area contributed by atoms with Crippen molar-refractivity contribution in [2.45, 2.75) is 6.10 Å². The molecule has 0 radical (unpaired) electrons. The van der Waals surface area contributed by atoms with E-state index in [0.29, 0.717) is 5.56 Å². The van der Waals surface area contributed by atoms with Crippen LogP contribution in [0.1, 0.15) is 17.5 Å². The Morgan fingerprint density at radius 3 is 2.60 bits per heavy atom. The maximum Gasteiger partial charge on any atom is 0.329 e. The normalized spacial score (nSPS) is 12.7. The monoisotopic (exact) mass is 272 g/mol. The van der Waals surface area contributed by atoms with Gasteiger partial charge in [-0.15, -0.1) is 0 Å². The summed E-state index contributed by atoms with van der Waals surface area (Å²) in [4.78, 5) is 32.3. The van der Waals surface area contributed by atoms with E-state index < -0.39 is 17.4 Å². The Bertz CT molecular complexity index is 876. The minimum absolute atomic E-state index is 0.164. The van der Waals surface area contributed by atoms with Crippen molar-refractivity contribution in [1.29, 1.82) is 0 Å². The van der Waals surface area contributed by atoms with Gasteiger partial charge >= 0.3 is 5.69 Å². The van der Waals surface area contributed by atoms with Crippen LogP contribution in [0.15, 0.2) is 39.9 Å². The van der Waals surface area contributed by atoms with Crippen LogP contribution >= 0.6 is 0 Å². The van der Waals surface area contributed by atoms with Crippen LogP contribution in [-0.2, 0) is 7.05 Å². The molecule has 7 nitrogen and oxygen atoms in total. The topological polar surface area (TPSA) is 104 Å². The molecule has 7 heteroatoms. The van der Waals surface area contributed by atoms with Gasteiger partial charge in [-0.25, -0.2) is 9.78 Å². The first-order chi connectivity index (χ1) is 9.58. The van der Waals surface area contributed by atoms with Gasteiger partial charge in [-0.2, -0.15) is 0 Å². The molecular formula is C13H12N4O3. The van der Waals surface area contributed by atoms with Gasteiger partial charge in [-0.05, 0) is 5.56 Å². The van der Waals surface area contributed by atoms with E-state index in [0.717, 1.165) is 0 Å². The number of nitrogens with zero attached hydrogens (tertiary/aromatic N) is 2. The molecule has 102 valence electrons. The van der Waals surface area contributed by atoms with Gasteiger partial charge in [0.2, 0.25) is 0 Å². The smallest absolute Gasteiger partial charge is 0.329 e. The second-order valence-electron chi connectivity index (χ2n) is 4.45. The fourth-order valence-electron chi connectivity index (χ4n) is 2.05. The largest absolute Gasteiger partial charge is 0.380 e. The number of aromatic amines is 2. The van der Waals surface area contributed by atoms with Crippen molar-refractivity contribution in [3.05, 3.63) is 62.6 Å². The van der Waals surface area contributed by atoms with E-state index in [9.17, 15) is 14.7 Å². The van der Waals surface area contributed by atoms with Crippen molar-refractivity contribution in [2.24, 2.45) is 7.05 Å². The van der Waals surface area contributed by atoms with E-state index in [-0.39, 0.29) is 17.0 Å². The highest BCUT2D eigenvalue weighted by molar-refractivity contribution is 5.69. The lowest BCUT2D eigenvalue weighted by Gasteiger charge is -2.06. The fourth-order valence-corrected chi connectivity index (χ4v) is 2.05. The molecule has 1 aromatic carbocycles. The number of rotatable bonds is 2. The highest BCUT2D eigenvalue weighted by atomic mass is 16.3. The second kappa shape index (κ2) is 4.46. The number of hydrogen-bond donors (Lipinski definition) is 3. The van der Waals surface area contributed by atoms with Crippen molar-refractivity contribution in [2.75, 3.05) is 0 Å². The molecule has 0 spiro atoms. The van der Waals surface area contributed by atoms with Crippen LogP contribution in [0, 0.1) is 0 Å². The Kier molecular flexibility index (Phi) is 2.76. The quantitative estimate of drug-likeness (QED) is 0.612. The molecule has 20 heavy (non-hydrogen) atoms. The summed E-state index contributed by atoms with van der Waals surface area (Å²) in [6.45, 7) is 0. The minimum atomic E-state index is -0.988. The summed E-state index contributed by atoms with van der Waals surface area (Å²) in [6.07, 6.45) is -0.988. The number of nitrogens with one attached hydrogen (secondary N) is 2. The van der Waals surface area contributed by atoms with Gasteiger partial charge in [-0.3, -0.25) is 14.3 Å². The summed E-state index contributed by atoms with van der Waals surface area (Å²) >= 11 is 0. The van der Waals surface area contributed by atoms with Gasteiger partial charge in [0.25, 0.3) is 5.56 Å². The third kappa shape index (κ3) is 1.84. The van der Waals surface area contributed by atoms with Gasteiger partial charge in [0.05, 0.1) is 0 Å². The molecule has 0 aliphatic heterocycles. The van der Waals surface area contributed by atoms with E-state index in [1.165, 1.54) is 11.6 Å². The van der Waals surface area contributed by atoms with Crippen LogP contribution in [0.3, 0.4) is 0 Å². The molecule has 2 heterocycles. The van der Waals surface area contributed by atoms with Crippen molar-refractivity contribution >= 4 is 11.2 Å². The van der Waals surface area contributed by atoms with Gasteiger partial charge < -0.3 is 10.1 Å². The van der Waals surface area contributed by atoms with Crippen LogP contribution in [0.2, 0.25) is 0 Å². The van der Waals surface area contributed by atoms with Crippen molar-refractivity contribution in [3.8, 4) is 0 Å². The summed E-state index contributed by atoms with van der Waals surface area (Å²) < 4.78 is 1.22. The van der Waals surface area contributed by atoms with E-state index >= 15 is 0 Å². The zero-order valence-corrected chi connectivity index (χ0v) is 10.6. The summed E-state index contributed by atoms with van der Waals surface area (Å²) in [5.74, 6) is 0.220. The Morgan fingerprint density at radius 1 is 1.20 bits per heavy atom. The van der Waals surface area contributed by atoms with Crippen molar-refractivity contribution in [1.82, 2.24) is 19.5 Å². The molecule has 0 aliphatic rings. The molecule has 3 rings (SSSR count). The molecule has 1 atom stereocenters. The maximum absolute atomic E-state index is 11.7. The number of H-pyrrole nitrogens is 2. The predicted molar refractivity (Wildman–Crippen MR) is 72.5 cm³/mol. The van der Waals surface area contributed by atoms with E-state index in [2.05, 4.69) is 15.0 Å². The first-order valence-corrected chi connectivity index (χ1v) is 6.00. The van der Waals surface area contributed by atoms with Crippen molar-refractivity contribution < 1.29 is 5.11 Å². The number of fused-ring (bicyclic) bond motifs is 1. The van der Waals surface area contributed by atoms with Crippen LogP contribution in [0.5, 0.6) is 0 Å². The molecule has 2 aromatic heterocycles. The van der Waals surface area contributed by atoms with Gasteiger partial charge in [0.15, 0.2) is 5.65 Å². The van der Waals surface area contributed by atoms with Crippen LogP contribution < -0.4 is 11.2 Å². The zero-order valence-electron chi connectivity index (χ0n) is 10.6. The summed E-state index contributed by atoms with van der Waals surface area (Å²) in [6, 6.07) is 8.93. The van der Waals surface area contributed by atoms with Crippen molar-refractivity contribution in [3.63, 3.8) is 0 Å². The number of imidazole rings is 1. The van der Waals surface area contributed by atoms with E-state index in [1.54, 1.807) is 24.3 Å². The van der Waals surface area contributed by atoms with Crippen LogP contribution in [0.4, 0.5) is 0 Å². The molecule has 0 saturated heterocycles. The van der Waals surface area contributed by atoms with Crippen LogP contribution in [-0.4, -0.2) is 24.6 Å². The van der Waals surface area contributed by atoms with Gasteiger partial charge in [0, 0.05) is 7.05 Å². The fraction of sp³-hybridized carbons (Fsp3) is 0.154. The second-order valence-corrected chi connectivity index (χ2v) is 4.45. The molecule has 0 fully saturated rings. The number of aliphatic hydroxyl groups excluding tert-OH is 1. The molecular weight excluding hydrogens is 260 g/mol. The number of hydrogen-bond acceptors (Lipinski definition) is 4. The summed E-state index contributed by atoms with van der Waals surface area (Å²) in [5.41, 5.74) is -0.0781. The molecule has 1 unspecified atom stereocenters. The van der Waals surface area contributed by atoms with E-state index in [1.807, 2.05) is 6.07 Å². The number of aromatic nitrogens is 4. The lowest BCUT2D eigenvalue weighted by atomic mass is 10.1. The molecule has 3 N–H and O–H groups in total. The molecule has 3 aromatic rings. The third-order valence-electron chi connectivity index (χ3n) is 3.15. The van der Waals surface area contributed by atoms with Gasteiger partial charge in [0.1, 0.15) is 17.4 Å². The molecule has 0 aliphatic carbocycles. The lowest BCUT2D eigenvalue weighted by Crippen LogP contribution is -2.28. The summed E-state index contributed by atoms with van der Waals surface area (Å²) in [7, 11) is 1.50. The number of aliphatic hydroxyl groups is 1. The Morgan fingerprint density at radius 2 is 1.90 bits per heavy atom. The average Bonchev–Trinajstić information content (AvgIpc) is 2.91.